The molecule has 0 saturated carbocycles. The molecule has 12 N–H and O–H groups in total. The van der Waals surface area contributed by atoms with E-state index in [1.165, 1.54) is 0 Å². The topological polar surface area (TPSA) is 496 Å². The van der Waals surface area contributed by atoms with Gasteiger partial charge in [0, 0.05) is 38.1 Å². The molecule has 0 bridgehead atoms. The Morgan fingerprint density at radius 3 is 2.19 bits per heavy atom. The van der Waals surface area contributed by atoms with Gasteiger partial charge in [0.1, 0.15) is 66.9 Å². The van der Waals surface area contributed by atoms with Crippen LogP contribution < -0.4 is 58.2 Å². The molecule has 0 spiro atoms. The molecule has 2 aliphatic heterocycles. The van der Waals surface area contributed by atoms with Gasteiger partial charge < -0.3 is 95.8 Å². The number of carbonyl (C=O) groups excluding carboxylic acids is 6. The molecule has 4 amide bonds. The molecule has 1 aromatic heterocycles. The van der Waals surface area contributed by atoms with Gasteiger partial charge in [-0.1, -0.05) is 0 Å². The van der Waals surface area contributed by atoms with Crippen LogP contribution in [-0.2, 0) is 65.5 Å². The van der Waals surface area contributed by atoms with Crippen LogP contribution in [0.1, 0.15) is 59.1 Å². The van der Waals surface area contributed by atoms with Crippen molar-refractivity contribution in [3.05, 3.63) is 33.1 Å². The van der Waals surface area contributed by atoms with Crippen LogP contribution in [0, 0.1) is 0 Å². The number of aliphatic hydroxyl groups excluding tert-OH is 4. The highest BCUT2D eigenvalue weighted by atomic mass is 31.3. The van der Waals surface area contributed by atoms with Gasteiger partial charge in [-0.05, 0) is 39.5 Å². The number of quaternary nitrogens is 1. The zero-order valence-corrected chi connectivity index (χ0v) is 37.6. The fourth-order valence-corrected chi connectivity index (χ4v) is 8.47. The zero-order valence-electron chi connectivity index (χ0n) is 35.8. The summed E-state index contributed by atoms with van der Waals surface area (Å²) in [4.78, 5) is 124. The van der Waals surface area contributed by atoms with E-state index in [4.69, 9.17) is 18.7 Å². The van der Waals surface area contributed by atoms with Crippen molar-refractivity contribution in [3.63, 3.8) is 0 Å². The van der Waals surface area contributed by atoms with Crippen LogP contribution in [0.2, 0.25) is 0 Å². The summed E-state index contributed by atoms with van der Waals surface area (Å²) in [6, 6.07) is -5.00. The number of hydrogen-bond acceptors (Lipinski definition) is 24. The van der Waals surface area contributed by atoms with E-state index in [0.29, 0.717) is 17.4 Å². The predicted octanol–water partition coefficient (Wildman–Crippen LogP) is -10.3. The van der Waals surface area contributed by atoms with Crippen LogP contribution in [0.5, 0.6) is 0 Å². The molecule has 33 heteroatoms. The van der Waals surface area contributed by atoms with Gasteiger partial charge in [0.05, 0.1) is 19.2 Å². The molecule has 0 aliphatic carbocycles. The monoisotopic (exact) mass is 1000 g/mol. The maximum atomic E-state index is 13.3. The minimum atomic E-state index is -6.23. The Hall–Kier alpha value is -4.56. The Morgan fingerprint density at radius 2 is 1.60 bits per heavy atom. The van der Waals surface area contributed by atoms with Crippen LogP contribution in [0.3, 0.4) is 0 Å². The Morgan fingerprint density at radius 1 is 0.925 bits per heavy atom. The van der Waals surface area contributed by atoms with Crippen molar-refractivity contribution >= 4 is 51.2 Å². The summed E-state index contributed by atoms with van der Waals surface area (Å²) >= 11 is 0. The Bertz CT molecular complexity index is 2130. The van der Waals surface area contributed by atoms with Gasteiger partial charge in [-0.25, -0.2) is 9.11 Å². The fraction of sp³-hybridized carbons (Fsp3) is 0.706. The summed E-state index contributed by atoms with van der Waals surface area (Å²) in [5.74, 6) is -6.81. The number of amides is 4. The lowest BCUT2D eigenvalue weighted by molar-refractivity contribution is -0.438. The SMILES string of the molecule is CC(=O)N[C@H]1C(OP(=O)([O-])OP(=O)([O-])OC[C@H]2O[C@@H](n3ccc(=O)[nH]c3=O)[C@H](O)[C@@H]2O)O[C@H](CO)[C@@H](O)[C@@H]1O[C@H](C)C(=O)N[C@@H](C)C(=O)N[C@H](CCC(=O)[O-])C(=O)NCCCC[C@@H]([NH3+])C(=O)[O-]. The first kappa shape index (κ1) is 56.8. The first-order valence-corrected chi connectivity index (χ1v) is 23.1. The number of phosphoric ester groups is 2. The number of ether oxygens (including phenoxy) is 3. The van der Waals surface area contributed by atoms with E-state index in [1.807, 2.05) is 4.98 Å². The van der Waals surface area contributed by atoms with E-state index in [-0.39, 0.29) is 13.0 Å². The van der Waals surface area contributed by atoms with E-state index < -0.39 is 168 Å². The highest BCUT2D eigenvalue weighted by Gasteiger charge is 2.50. The van der Waals surface area contributed by atoms with Crippen molar-refractivity contribution in [2.24, 2.45) is 0 Å². The number of nitrogens with zero attached hydrogens (tertiary/aromatic N) is 1. The highest BCUT2D eigenvalue weighted by Crippen LogP contribution is 2.57. The molecule has 3 heterocycles. The number of hydrogen-bond donors (Lipinski definition) is 10. The summed E-state index contributed by atoms with van der Waals surface area (Å²) < 4.78 is 55.9. The number of aromatic amines is 1. The van der Waals surface area contributed by atoms with Crippen molar-refractivity contribution in [1.82, 2.24) is 30.8 Å². The minimum absolute atomic E-state index is 0.00825. The predicted molar refractivity (Wildman–Crippen MR) is 207 cm³/mol. The van der Waals surface area contributed by atoms with E-state index >= 15 is 0 Å². The molecule has 15 atom stereocenters. The molecule has 3 unspecified atom stereocenters. The van der Waals surface area contributed by atoms with E-state index in [9.17, 15) is 87.9 Å². The lowest BCUT2D eigenvalue weighted by atomic mass is 9.96. The largest absolute Gasteiger partial charge is 0.756 e. The maximum Gasteiger partial charge on any atom is 0.330 e. The number of carbonyl (C=O) groups is 6. The third-order valence-electron chi connectivity index (χ3n) is 9.88. The molecular weight excluding hydrogens is 952 g/mol. The number of aliphatic carboxylic acids is 2. The van der Waals surface area contributed by atoms with Crippen LogP contribution >= 0.6 is 15.6 Å². The second kappa shape index (κ2) is 25.2. The molecule has 0 radical (unpaired) electrons. The Balaban J connectivity index is 1.67. The third kappa shape index (κ3) is 17.2. The quantitative estimate of drug-likeness (QED) is 0.0304. The van der Waals surface area contributed by atoms with Crippen LogP contribution in [-0.4, -0.2) is 158 Å². The Kier molecular flexibility index (Phi) is 21.3. The van der Waals surface area contributed by atoms with Gasteiger partial charge in [-0.3, -0.25) is 47.2 Å². The summed E-state index contributed by atoms with van der Waals surface area (Å²) in [6.07, 6.45) is -16.6. The van der Waals surface area contributed by atoms with Gasteiger partial charge in [0.2, 0.25) is 23.6 Å². The number of carboxylic acids is 2. The van der Waals surface area contributed by atoms with Crippen molar-refractivity contribution in [1.29, 1.82) is 0 Å². The van der Waals surface area contributed by atoms with E-state index in [2.05, 4.69) is 35.8 Å². The molecule has 67 heavy (non-hydrogen) atoms. The minimum Gasteiger partial charge on any atom is -0.756 e. The number of phosphoric acid groups is 2. The van der Waals surface area contributed by atoms with Gasteiger partial charge in [-0.15, -0.1) is 0 Å². The number of carboxylic acid groups (broad SMARTS) is 2. The molecule has 0 aromatic carbocycles. The van der Waals surface area contributed by atoms with Gasteiger partial charge in [0.15, 0.2) is 12.5 Å². The lowest BCUT2D eigenvalue weighted by Gasteiger charge is -2.46. The van der Waals surface area contributed by atoms with Crippen molar-refractivity contribution in [3.8, 4) is 0 Å². The molecule has 2 fully saturated rings. The average Bonchev–Trinajstić information content (AvgIpc) is 3.51. The second-order valence-electron chi connectivity index (χ2n) is 15.1. The number of aliphatic hydroxyl groups is 4. The molecule has 2 aliphatic rings. The number of nitrogens with one attached hydrogen (secondary N) is 5. The van der Waals surface area contributed by atoms with Gasteiger partial charge >= 0.3 is 5.69 Å². The average molecular weight is 1000 g/mol. The normalized spacial score (nSPS) is 27.5. The first-order valence-electron chi connectivity index (χ1n) is 20.2. The molecule has 2 saturated heterocycles. The third-order valence-corrected chi connectivity index (χ3v) is 12.4. The standard InChI is InChI=1S/C34H55N7O24P2/c1-14(28(50)39-18(7-8-22(45)46)30(52)36-10-5-4-6-17(35)32(53)54)37-29(51)15(2)61-27-23(38-16(3)43)33(63-19(12-42)25(27)48)64-67(58,59)65-66(56,57)60-13-20-24(47)26(49)31(62-20)41-11-9-21(44)40-34(41)55/h9,11,14-15,17-20,23-27,31,33,42,47-49H,4-8,10,12-13,35H2,1-3H3,(H,36,52)(H,37,51)(H,38,43)(H,39,50)(H,45,46)(H,53,54)(H,56,57)(H,58,59)(H,40,44,55)/p-3/t14-,15+,17+,18+,19+,20+,23+,24+,25+,26+,27+,31+,33?/m0/s1. The van der Waals surface area contributed by atoms with Crippen molar-refractivity contribution < 1.29 is 112 Å². The van der Waals surface area contributed by atoms with Crippen molar-refractivity contribution in [2.45, 2.75) is 132 Å². The highest BCUT2D eigenvalue weighted by molar-refractivity contribution is 7.59. The number of rotatable bonds is 26. The van der Waals surface area contributed by atoms with Crippen molar-refractivity contribution in [2.75, 3.05) is 19.8 Å². The smallest absolute Gasteiger partial charge is 0.330 e. The van der Waals surface area contributed by atoms with E-state index in [0.717, 1.165) is 33.0 Å². The Labute approximate surface area is 378 Å². The molecule has 3 rings (SSSR count). The zero-order chi connectivity index (χ0) is 50.6. The number of aromatic nitrogens is 2. The second-order valence-corrected chi connectivity index (χ2v) is 18.0. The van der Waals surface area contributed by atoms with Crippen LogP contribution in [0.4, 0.5) is 0 Å². The van der Waals surface area contributed by atoms with Gasteiger partial charge in [0.25, 0.3) is 21.2 Å². The van der Waals surface area contributed by atoms with Crippen LogP contribution in [0.25, 0.3) is 0 Å². The molecular formula is C34H52N7O24P2-3. The lowest BCUT2D eigenvalue weighted by Crippen LogP contribution is -2.68. The molecule has 31 nitrogen and oxygen atoms in total. The summed E-state index contributed by atoms with van der Waals surface area (Å²) in [5.41, 5.74) is 1.52. The molecule has 380 valence electrons. The van der Waals surface area contributed by atoms with Crippen LogP contribution in [0.15, 0.2) is 21.9 Å². The fourth-order valence-electron chi connectivity index (χ4n) is 6.38. The summed E-state index contributed by atoms with van der Waals surface area (Å²) in [5, 5.41) is 72.8. The summed E-state index contributed by atoms with van der Waals surface area (Å²) in [6.45, 7) is 0.786. The number of H-pyrrole nitrogens is 1. The number of unbranched alkanes of at least 4 members (excludes halogenated alkanes) is 1. The molecule has 1 aromatic rings. The maximum absolute atomic E-state index is 13.3. The summed E-state index contributed by atoms with van der Waals surface area (Å²) in [7, 11) is -12.3. The first-order chi connectivity index (χ1) is 31.2. The van der Waals surface area contributed by atoms with E-state index in [1.54, 1.807) is 0 Å². The van der Waals surface area contributed by atoms with Gasteiger partial charge in [-0.2, -0.15) is 0 Å².